The third-order valence-corrected chi connectivity index (χ3v) is 5.28. The van der Waals surface area contributed by atoms with Crippen molar-refractivity contribution >= 4 is 23.6 Å². The van der Waals surface area contributed by atoms with E-state index in [9.17, 15) is 14.7 Å². The van der Waals surface area contributed by atoms with Crippen LogP contribution in [0.25, 0.3) is 0 Å². The first-order valence-electron chi connectivity index (χ1n) is 5.81. The van der Waals surface area contributed by atoms with Gasteiger partial charge in [-0.1, -0.05) is 0 Å². The molecule has 0 bridgehead atoms. The molecule has 1 atom stereocenters. The van der Waals surface area contributed by atoms with Gasteiger partial charge in [-0.05, 0) is 19.9 Å². The quantitative estimate of drug-likeness (QED) is 0.740. The Kier molecular flexibility index (Phi) is 3.36. The Morgan fingerprint density at radius 3 is 2.41 bits per heavy atom. The minimum atomic E-state index is -0.886. The van der Waals surface area contributed by atoms with Crippen molar-refractivity contribution < 1.29 is 14.7 Å². The van der Waals surface area contributed by atoms with Crippen LogP contribution >= 0.6 is 11.8 Å². The second kappa shape index (κ2) is 4.49. The van der Waals surface area contributed by atoms with Gasteiger partial charge in [0.2, 0.25) is 5.91 Å². The summed E-state index contributed by atoms with van der Waals surface area (Å²) in [5, 5.41) is 9.18. The Balaban J connectivity index is 2.23. The fourth-order valence-electron chi connectivity index (χ4n) is 2.70. The molecule has 1 N–H and O–H groups in total. The third-order valence-electron chi connectivity index (χ3n) is 3.65. The largest absolute Gasteiger partial charge is 0.480 e. The second-order valence-electron chi connectivity index (χ2n) is 4.80. The first-order valence-corrected chi connectivity index (χ1v) is 6.80. The van der Waals surface area contributed by atoms with Crippen molar-refractivity contribution in [3.63, 3.8) is 0 Å². The van der Waals surface area contributed by atoms with E-state index in [2.05, 4.69) is 11.9 Å². The van der Waals surface area contributed by atoms with Crippen molar-refractivity contribution in [3.8, 4) is 0 Å². The van der Waals surface area contributed by atoms with E-state index in [1.54, 1.807) is 16.7 Å². The fraction of sp³-hybridized carbons (Fsp3) is 0.818. The summed E-state index contributed by atoms with van der Waals surface area (Å²) in [6.07, 6.45) is 1.72. The third kappa shape index (κ3) is 2.15. The molecule has 2 fully saturated rings. The van der Waals surface area contributed by atoms with Crippen molar-refractivity contribution in [2.45, 2.75) is 30.7 Å². The molecule has 0 radical (unpaired) electrons. The molecule has 0 aromatic heterocycles. The summed E-state index contributed by atoms with van der Waals surface area (Å²) in [5.74, 6) is -0.492. The Bertz CT molecular complexity index is 340. The van der Waals surface area contributed by atoms with Gasteiger partial charge in [0.15, 0.2) is 0 Å². The lowest BCUT2D eigenvalue weighted by atomic mass is 10.0. The monoisotopic (exact) mass is 258 g/mol. The predicted molar refractivity (Wildman–Crippen MR) is 65.9 cm³/mol. The molecule has 5 nitrogen and oxygen atoms in total. The molecule has 6 heteroatoms. The molecule has 0 aromatic rings. The molecule has 0 aliphatic carbocycles. The Morgan fingerprint density at radius 2 is 1.94 bits per heavy atom. The van der Waals surface area contributed by atoms with Crippen LogP contribution in [0, 0.1) is 0 Å². The zero-order valence-corrected chi connectivity index (χ0v) is 11.0. The molecule has 1 spiro atoms. The summed E-state index contributed by atoms with van der Waals surface area (Å²) in [7, 11) is 2.05. The molecule has 2 aliphatic heterocycles. The molecule has 1 amide bonds. The normalized spacial score (nSPS) is 28.6. The maximum absolute atomic E-state index is 11.8. The highest BCUT2D eigenvalue weighted by atomic mass is 32.2. The predicted octanol–water partition coefficient (Wildman–Crippen LogP) is 0.457. The molecular formula is C11H18N2O3S. The van der Waals surface area contributed by atoms with E-state index < -0.39 is 12.0 Å². The van der Waals surface area contributed by atoms with Crippen LogP contribution in [0.4, 0.5) is 0 Å². The van der Waals surface area contributed by atoms with Gasteiger partial charge in [-0.25, -0.2) is 4.79 Å². The number of hydrogen-bond acceptors (Lipinski definition) is 4. The number of amides is 1. The van der Waals surface area contributed by atoms with E-state index >= 15 is 0 Å². The van der Waals surface area contributed by atoms with E-state index in [0.717, 1.165) is 25.9 Å². The average Bonchev–Trinajstić information content (AvgIpc) is 2.62. The molecule has 2 saturated heterocycles. The molecule has 96 valence electrons. The number of hydrogen-bond donors (Lipinski definition) is 1. The number of thioether (sulfide) groups is 1. The van der Waals surface area contributed by atoms with E-state index in [-0.39, 0.29) is 10.8 Å². The van der Waals surface area contributed by atoms with Gasteiger partial charge in [0.25, 0.3) is 0 Å². The van der Waals surface area contributed by atoms with E-state index in [0.29, 0.717) is 5.75 Å². The number of carbonyl (C=O) groups is 2. The van der Waals surface area contributed by atoms with Crippen molar-refractivity contribution in [2.24, 2.45) is 0 Å². The number of rotatable bonds is 1. The van der Waals surface area contributed by atoms with Gasteiger partial charge >= 0.3 is 5.97 Å². The average molecular weight is 258 g/mol. The van der Waals surface area contributed by atoms with Crippen molar-refractivity contribution in [3.05, 3.63) is 0 Å². The molecule has 2 aliphatic rings. The number of likely N-dealkylation sites (tertiary alicyclic amines) is 1. The maximum Gasteiger partial charge on any atom is 0.327 e. The highest BCUT2D eigenvalue weighted by Gasteiger charge is 2.51. The second-order valence-corrected chi connectivity index (χ2v) is 6.19. The zero-order chi connectivity index (χ0) is 12.6. The number of carboxylic acid groups (broad SMARTS) is 1. The Labute approximate surface area is 105 Å². The lowest BCUT2D eigenvalue weighted by Gasteiger charge is -2.43. The summed E-state index contributed by atoms with van der Waals surface area (Å²) < 4.78 is 0. The van der Waals surface area contributed by atoms with Crippen LogP contribution in [0.15, 0.2) is 0 Å². The zero-order valence-electron chi connectivity index (χ0n) is 10.2. The summed E-state index contributed by atoms with van der Waals surface area (Å²) in [6.45, 7) is 3.31. The van der Waals surface area contributed by atoms with Crippen LogP contribution in [-0.2, 0) is 9.59 Å². The van der Waals surface area contributed by atoms with Crippen LogP contribution in [-0.4, -0.2) is 63.6 Å². The maximum atomic E-state index is 11.8. The minimum absolute atomic E-state index is 0.119. The van der Waals surface area contributed by atoms with Crippen molar-refractivity contribution in [1.29, 1.82) is 0 Å². The molecule has 2 rings (SSSR count). The summed E-state index contributed by atoms with van der Waals surface area (Å²) in [6, 6.07) is -0.652. The lowest BCUT2D eigenvalue weighted by Crippen LogP contribution is -2.55. The van der Waals surface area contributed by atoms with Crippen LogP contribution in [0.2, 0.25) is 0 Å². The number of piperidine rings is 1. The number of carbonyl (C=O) groups excluding carboxylic acids is 1. The van der Waals surface area contributed by atoms with Gasteiger partial charge in [-0.15, -0.1) is 11.8 Å². The molecular weight excluding hydrogens is 240 g/mol. The topological polar surface area (TPSA) is 60.9 Å². The molecule has 2 heterocycles. The SMILES string of the molecule is CC(=O)N1C(C(=O)O)CSC12CCN(C)CC2. The van der Waals surface area contributed by atoms with Crippen LogP contribution in [0.5, 0.6) is 0 Å². The summed E-state index contributed by atoms with van der Waals surface area (Å²) >= 11 is 1.64. The van der Waals surface area contributed by atoms with Crippen LogP contribution < -0.4 is 0 Å². The molecule has 1 unspecified atom stereocenters. The smallest absolute Gasteiger partial charge is 0.327 e. The van der Waals surface area contributed by atoms with Crippen molar-refractivity contribution in [2.75, 3.05) is 25.9 Å². The van der Waals surface area contributed by atoms with Crippen molar-refractivity contribution in [1.82, 2.24) is 9.80 Å². The van der Waals surface area contributed by atoms with Gasteiger partial charge in [-0.2, -0.15) is 0 Å². The first-order chi connectivity index (χ1) is 7.96. The Morgan fingerprint density at radius 1 is 1.35 bits per heavy atom. The van der Waals surface area contributed by atoms with Crippen LogP contribution in [0.1, 0.15) is 19.8 Å². The molecule has 17 heavy (non-hydrogen) atoms. The van der Waals surface area contributed by atoms with E-state index in [4.69, 9.17) is 0 Å². The highest BCUT2D eigenvalue weighted by Crippen LogP contribution is 2.46. The van der Waals surface area contributed by atoms with Gasteiger partial charge in [-0.3, -0.25) is 4.79 Å². The minimum Gasteiger partial charge on any atom is -0.480 e. The highest BCUT2D eigenvalue weighted by molar-refractivity contribution is 8.01. The summed E-state index contributed by atoms with van der Waals surface area (Å²) in [5.41, 5.74) is 0. The van der Waals surface area contributed by atoms with Gasteiger partial charge < -0.3 is 14.9 Å². The standard InChI is InChI=1S/C11H18N2O3S/c1-8(14)13-9(10(15)16)7-17-11(13)3-5-12(2)6-4-11/h9H,3-7H2,1-2H3,(H,15,16). The first kappa shape index (κ1) is 12.7. The van der Waals surface area contributed by atoms with Gasteiger partial charge in [0.1, 0.15) is 6.04 Å². The fourth-order valence-corrected chi connectivity index (χ4v) is 4.33. The van der Waals surface area contributed by atoms with Crippen LogP contribution in [0.3, 0.4) is 0 Å². The lowest BCUT2D eigenvalue weighted by molar-refractivity contribution is -0.151. The Hall–Kier alpha value is -0.750. The van der Waals surface area contributed by atoms with E-state index in [1.807, 2.05) is 0 Å². The molecule has 0 aromatic carbocycles. The molecule has 0 saturated carbocycles. The number of carboxylic acids is 1. The van der Waals surface area contributed by atoms with Gasteiger partial charge in [0.05, 0.1) is 4.87 Å². The number of nitrogens with zero attached hydrogens (tertiary/aromatic N) is 2. The van der Waals surface area contributed by atoms with Gasteiger partial charge in [0, 0.05) is 25.8 Å². The number of aliphatic carboxylic acids is 1. The summed E-state index contributed by atoms with van der Waals surface area (Å²) in [4.78, 5) is 26.5. The van der Waals surface area contributed by atoms with E-state index in [1.165, 1.54) is 6.92 Å².